The molecule has 0 amide bonds. The van der Waals surface area contributed by atoms with Crippen LogP contribution in [0.1, 0.15) is 17.9 Å². The summed E-state index contributed by atoms with van der Waals surface area (Å²) >= 11 is 12.4. The smallest absolute Gasteiger partial charge is 0.152 e. The van der Waals surface area contributed by atoms with Crippen molar-refractivity contribution in [3.05, 3.63) is 27.3 Å². The molecule has 1 unspecified atom stereocenters. The molecule has 4 heteroatoms. The predicted octanol–water partition coefficient (Wildman–Crippen LogP) is 3.45. The van der Waals surface area contributed by atoms with Crippen molar-refractivity contribution in [2.45, 2.75) is 17.2 Å². The quantitative estimate of drug-likeness (QED) is 0.500. The van der Waals surface area contributed by atoms with Crippen molar-refractivity contribution in [1.82, 2.24) is 0 Å². The van der Waals surface area contributed by atoms with Gasteiger partial charge in [-0.2, -0.15) is 0 Å². The molecule has 0 bridgehead atoms. The number of rotatable bonds is 2. The largest absolute Gasteiger partial charge is 0.298 e. The summed E-state index contributed by atoms with van der Waals surface area (Å²) in [6, 6.07) is 5.63. The molecule has 0 saturated heterocycles. The summed E-state index contributed by atoms with van der Waals surface area (Å²) in [5.41, 5.74) is 0.806. The zero-order chi connectivity index (χ0) is 10.0. The van der Waals surface area contributed by atoms with E-state index in [0.29, 0.717) is 0 Å². The summed E-state index contributed by atoms with van der Waals surface area (Å²) in [6.07, 6.45) is 0. The maximum atomic E-state index is 11.1. The maximum Gasteiger partial charge on any atom is 0.152 e. The molecule has 13 heavy (non-hydrogen) atoms. The van der Waals surface area contributed by atoms with E-state index in [9.17, 15) is 4.79 Å². The molecule has 0 saturated carbocycles. The van der Waals surface area contributed by atoms with Crippen LogP contribution in [0, 0.1) is 3.57 Å². The third kappa shape index (κ3) is 2.60. The lowest BCUT2D eigenvalue weighted by Crippen LogP contribution is -2.04. The van der Waals surface area contributed by atoms with Gasteiger partial charge in [0.25, 0.3) is 0 Å². The van der Waals surface area contributed by atoms with Gasteiger partial charge in [-0.05, 0) is 41.6 Å². The Morgan fingerprint density at radius 1 is 1.62 bits per heavy atom. The van der Waals surface area contributed by atoms with E-state index in [2.05, 4.69) is 35.2 Å². The van der Waals surface area contributed by atoms with Crippen molar-refractivity contribution in [2.24, 2.45) is 0 Å². The second-order valence-electron chi connectivity index (χ2n) is 2.65. The number of carbonyl (C=O) groups excluding carboxylic acids is 1. The molecular formula is C9H8ClIOS. The van der Waals surface area contributed by atoms with Crippen LogP contribution >= 0.6 is 46.8 Å². The number of thiol groups is 1. The van der Waals surface area contributed by atoms with Gasteiger partial charge >= 0.3 is 0 Å². The van der Waals surface area contributed by atoms with Gasteiger partial charge in [-0.15, -0.1) is 24.2 Å². The van der Waals surface area contributed by atoms with Gasteiger partial charge in [0.15, 0.2) is 5.78 Å². The van der Waals surface area contributed by atoms with Crippen LogP contribution in [0.25, 0.3) is 0 Å². The fourth-order valence-corrected chi connectivity index (χ4v) is 2.83. The van der Waals surface area contributed by atoms with Crippen molar-refractivity contribution in [2.75, 3.05) is 0 Å². The van der Waals surface area contributed by atoms with Gasteiger partial charge in [-0.25, -0.2) is 0 Å². The summed E-state index contributed by atoms with van der Waals surface area (Å²) in [7, 11) is 0. The Bertz CT molecular complexity index is 320. The van der Waals surface area contributed by atoms with Gasteiger partial charge in [0, 0.05) is 14.0 Å². The molecule has 1 rings (SSSR count). The summed E-state index contributed by atoms with van der Waals surface area (Å²) in [6.45, 7) is 1.48. The zero-order valence-electron chi connectivity index (χ0n) is 6.92. The van der Waals surface area contributed by atoms with Crippen molar-refractivity contribution >= 4 is 52.6 Å². The number of Topliss-reactive ketones (excluding diaryl/α,β-unsaturated/α-hetero) is 1. The summed E-state index contributed by atoms with van der Waals surface area (Å²) < 4.78 is 0.973. The van der Waals surface area contributed by atoms with Crippen LogP contribution in [0.2, 0.25) is 0 Å². The minimum atomic E-state index is -0.583. The van der Waals surface area contributed by atoms with E-state index in [4.69, 9.17) is 11.6 Å². The van der Waals surface area contributed by atoms with E-state index in [1.54, 1.807) is 0 Å². The van der Waals surface area contributed by atoms with Gasteiger partial charge in [0.2, 0.25) is 0 Å². The molecular weight excluding hydrogens is 319 g/mol. The second-order valence-corrected chi connectivity index (χ2v) is 4.73. The Labute approximate surface area is 101 Å². The molecule has 0 aliphatic carbocycles. The molecule has 0 fully saturated rings. The van der Waals surface area contributed by atoms with Gasteiger partial charge < -0.3 is 0 Å². The lowest BCUT2D eigenvalue weighted by molar-refractivity contribution is -0.116. The highest BCUT2D eigenvalue weighted by Crippen LogP contribution is 2.31. The molecule has 1 atom stereocenters. The van der Waals surface area contributed by atoms with Crippen molar-refractivity contribution in [1.29, 1.82) is 0 Å². The maximum absolute atomic E-state index is 11.1. The number of hydrogen-bond donors (Lipinski definition) is 1. The molecule has 0 heterocycles. The lowest BCUT2D eigenvalue weighted by Gasteiger charge is -2.10. The molecule has 0 aliphatic heterocycles. The number of benzene rings is 1. The third-order valence-electron chi connectivity index (χ3n) is 1.64. The summed E-state index contributed by atoms with van der Waals surface area (Å²) in [5.74, 6) is -0.0546. The van der Waals surface area contributed by atoms with Gasteiger partial charge in [-0.1, -0.05) is 6.07 Å². The van der Waals surface area contributed by atoms with Crippen LogP contribution in [-0.4, -0.2) is 5.78 Å². The summed E-state index contributed by atoms with van der Waals surface area (Å²) in [5, 5.41) is -0.583. The van der Waals surface area contributed by atoms with Crippen molar-refractivity contribution in [3.8, 4) is 0 Å². The lowest BCUT2D eigenvalue weighted by atomic mass is 10.1. The molecule has 1 nitrogen and oxygen atoms in total. The molecule has 0 radical (unpaired) electrons. The van der Waals surface area contributed by atoms with E-state index in [0.717, 1.165) is 14.0 Å². The molecule has 1 aromatic rings. The first-order valence-corrected chi connectivity index (χ1v) is 5.62. The molecule has 0 aliphatic rings. The van der Waals surface area contributed by atoms with E-state index in [-0.39, 0.29) is 5.78 Å². The number of carbonyl (C=O) groups is 1. The second kappa shape index (κ2) is 4.66. The zero-order valence-corrected chi connectivity index (χ0v) is 10.7. The first-order valence-electron chi connectivity index (χ1n) is 3.66. The number of ketones is 1. The standard InChI is InChI=1S/C9H8ClIOS/c1-5(12)9(10)8-6(11)3-2-4-7(8)13/h2-4,9,13H,1H3. The van der Waals surface area contributed by atoms with E-state index >= 15 is 0 Å². The first kappa shape index (κ1) is 11.3. The monoisotopic (exact) mass is 326 g/mol. The molecule has 0 spiro atoms. The normalized spacial score (nSPS) is 12.6. The minimum Gasteiger partial charge on any atom is -0.298 e. The van der Waals surface area contributed by atoms with Crippen LogP contribution in [-0.2, 0) is 4.79 Å². The van der Waals surface area contributed by atoms with E-state index < -0.39 is 5.38 Å². The van der Waals surface area contributed by atoms with Crippen LogP contribution in [0.15, 0.2) is 23.1 Å². The Hall–Kier alpha value is 0.260. The third-order valence-corrected chi connectivity index (χ3v) is 3.50. The fraction of sp³-hybridized carbons (Fsp3) is 0.222. The van der Waals surface area contributed by atoms with Gasteiger partial charge in [-0.3, -0.25) is 4.79 Å². The van der Waals surface area contributed by atoms with E-state index in [1.165, 1.54) is 6.92 Å². The predicted molar refractivity (Wildman–Crippen MR) is 65.7 cm³/mol. The van der Waals surface area contributed by atoms with Crippen molar-refractivity contribution < 1.29 is 4.79 Å². The van der Waals surface area contributed by atoms with Gasteiger partial charge in [0.05, 0.1) is 0 Å². The number of alkyl halides is 1. The average Bonchev–Trinajstić information content (AvgIpc) is 2.03. The SMILES string of the molecule is CC(=O)C(Cl)c1c(S)cccc1I. The molecule has 0 N–H and O–H groups in total. The van der Waals surface area contributed by atoms with Crippen molar-refractivity contribution in [3.63, 3.8) is 0 Å². The minimum absolute atomic E-state index is 0.0546. The van der Waals surface area contributed by atoms with Crippen LogP contribution in [0.3, 0.4) is 0 Å². The Kier molecular flexibility index (Phi) is 4.06. The van der Waals surface area contributed by atoms with Crippen LogP contribution in [0.4, 0.5) is 0 Å². The Balaban J connectivity index is 3.20. The molecule has 70 valence electrons. The average molecular weight is 327 g/mol. The van der Waals surface area contributed by atoms with Crippen LogP contribution < -0.4 is 0 Å². The highest BCUT2D eigenvalue weighted by Gasteiger charge is 2.18. The topological polar surface area (TPSA) is 17.1 Å². The molecule has 0 aromatic heterocycles. The Morgan fingerprint density at radius 3 is 2.69 bits per heavy atom. The van der Waals surface area contributed by atoms with E-state index in [1.807, 2.05) is 18.2 Å². The first-order chi connectivity index (χ1) is 6.04. The van der Waals surface area contributed by atoms with Gasteiger partial charge in [0.1, 0.15) is 5.38 Å². The number of halogens is 2. The molecule has 1 aromatic carbocycles. The summed E-state index contributed by atoms with van der Waals surface area (Å²) in [4.78, 5) is 11.8. The highest BCUT2D eigenvalue weighted by molar-refractivity contribution is 14.1. The Morgan fingerprint density at radius 2 is 2.23 bits per heavy atom. The fourth-order valence-electron chi connectivity index (χ4n) is 0.980. The number of hydrogen-bond acceptors (Lipinski definition) is 2. The van der Waals surface area contributed by atoms with Crippen LogP contribution in [0.5, 0.6) is 0 Å². The highest BCUT2D eigenvalue weighted by atomic mass is 127.